The normalized spacial score (nSPS) is 28.0. The molecule has 0 saturated carbocycles. The van der Waals surface area contributed by atoms with Crippen LogP contribution in [0.25, 0.3) is 0 Å². The number of hydrogen-bond donors (Lipinski definition) is 0. The highest BCUT2D eigenvalue weighted by Gasteiger charge is 2.49. The van der Waals surface area contributed by atoms with Crippen molar-refractivity contribution in [1.82, 2.24) is 9.80 Å². The molecule has 3 fully saturated rings. The fourth-order valence-electron chi connectivity index (χ4n) is 4.94. The Kier molecular flexibility index (Phi) is 5.18. The van der Waals surface area contributed by atoms with Gasteiger partial charge in [-0.15, -0.1) is 0 Å². The Balaban J connectivity index is 1.44. The summed E-state index contributed by atoms with van der Waals surface area (Å²) >= 11 is 0. The van der Waals surface area contributed by atoms with E-state index in [2.05, 4.69) is 15.9 Å². The van der Waals surface area contributed by atoms with Crippen LogP contribution in [0.1, 0.15) is 37.7 Å². The molecule has 1 amide bonds. The van der Waals surface area contributed by atoms with Crippen molar-refractivity contribution >= 4 is 5.91 Å². The van der Waals surface area contributed by atoms with Gasteiger partial charge in [-0.05, 0) is 56.3 Å². The number of nitrogens with zero attached hydrogens (tertiary/aromatic N) is 2. The highest BCUT2D eigenvalue weighted by Crippen LogP contribution is 2.42. The van der Waals surface area contributed by atoms with Crippen molar-refractivity contribution in [2.45, 2.75) is 44.7 Å². The third-order valence-corrected chi connectivity index (χ3v) is 6.42. The van der Waals surface area contributed by atoms with Crippen LogP contribution in [0.3, 0.4) is 0 Å². The number of ether oxygens (including phenoxy) is 2. The van der Waals surface area contributed by atoms with E-state index >= 15 is 0 Å². The Morgan fingerprint density at radius 1 is 1.23 bits per heavy atom. The predicted octanol–water partition coefficient (Wildman–Crippen LogP) is 2.69. The second-order valence-corrected chi connectivity index (χ2v) is 8.03. The lowest BCUT2D eigenvalue weighted by atomic mass is 9.78. The van der Waals surface area contributed by atoms with Gasteiger partial charge in [0.25, 0.3) is 0 Å². The number of likely N-dealkylation sites (tertiary alicyclic amines) is 2. The topological polar surface area (TPSA) is 42.0 Å². The second kappa shape index (κ2) is 7.57. The Morgan fingerprint density at radius 2 is 2.08 bits per heavy atom. The summed E-state index contributed by atoms with van der Waals surface area (Å²) < 4.78 is 10.8. The number of methoxy groups -OCH3 is 1. The largest absolute Gasteiger partial charge is 0.497 e. The minimum Gasteiger partial charge on any atom is -0.497 e. The quantitative estimate of drug-likeness (QED) is 0.830. The monoisotopic (exact) mass is 358 g/mol. The number of piperidine rings is 1. The van der Waals surface area contributed by atoms with Gasteiger partial charge < -0.3 is 14.4 Å². The molecule has 1 unspecified atom stereocenters. The second-order valence-electron chi connectivity index (χ2n) is 8.03. The van der Waals surface area contributed by atoms with Crippen LogP contribution in [-0.2, 0) is 16.1 Å². The molecular formula is C21H30N2O3. The SMILES string of the molecule is COc1cccc(CN2CCCC3(CCN(C4CCOCC4)C3)C2=O)c1. The summed E-state index contributed by atoms with van der Waals surface area (Å²) in [5.74, 6) is 1.22. The first kappa shape index (κ1) is 17.8. The number of rotatable bonds is 4. The Labute approximate surface area is 156 Å². The molecule has 3 aliphatic rings. The van der Waals surface area contributed by atoms with Crippen molar-refractivity contribution in [3.63, 3.8) is 0 Å². The molecule has 0 aromatic heterocycles. The molecule has 0 bridgehead atoms. The fourth-order valence-corrected chi connectivity index (χ4v) is 4.94. The first-order valence-electron chi connectivity index (χ1n) is 9.94. The van der Waals surface area contributed by atoms with Crippen molar-refractivity contribution in [2.24, 2.45) is 5.41 Å². The lowest BCUT2D eigenvalue weighted by molar-refractivity contribution is -0.146. The molecule has 0 radical (unpaired) electrons. The van der Waals surface area contributed by atoms with E-state index in [1.807, 2.05) is 18.2 Å². The van der Waals surface area contributed by atoms with Gasteiger partial charge in [-0.25, -0.2) is 0 Å². The van der Waals surface area contributed by atoms with Crippen molar-refractivity contribution < 1.29 is 14.3 Å². The van der Waals surface area contributed by atoms with E-state index in [1.54, 1.807) is 7.11 Å². The van der Waals surface area contributed by atoms with Gasteiger partial charge in [-0.3, -0.25) is 9.69 Å². The number of benzene rings is 1. The zero-order valence-corrected chi connectivity index (χ0v) is 15.8. The Bertz CT molecular complexity index is 644. The van der Waals surface area contributed by atoms with E-state index in [1.165, 1.54) is 0 Å². The van der Waals surface area contributed by atoms with E-state index in [4.69, 9.17) is 9.47 Å². The van der Waals surface area contributed by atoms with Crippen molar-refractivity contribution in [1.29, 1.82) is 0 Å². The smallest absolute Gasteiger partial charge is 0.230 e. The highest BCUT2D eigenvalue weighted by molar-refractivity contribution is 5.84. The van der Waals surface area contributed by atoms with Crippen LogP contribution in [0.15, 0.2) is 24.3 Å². The minimum absolute atomic E-state index is 0.157. The van der Waals surface area contributed by atoms with Crippen LogP contribution in [0.4, 0.5) is 0 Å². The molecule has 0 N–H and O–H groups in total. The maximum atomic E-state index is 13.4. The number of carbonyl (C=O) groups is 1. The predicted molar refractivity (Wildman–Crippen MR) is 100 cm³/mol. The van der Waals surface area contributed by atoms with Gasteiger partial charge >= 0.3 is 0 Å². The molecule has 1 aromatic carbocycles. The van der Waals surface area contributed by atoms with E-state index in [9.17, 15) is 4.79 Å². The third kappa shape index (κ3) is 3.47. The minimum atomic E-state index is -0.157. The molecule has 3 aliphatic heterocycles. The maximum Gasteiger partial charge on any atom is 0.230 e. The van der Waals surface area contributed by atoms with Crippen LogP contribution in [0.2, 0.25) is 0 Å². The molecular weight excluding hydrogens is 328 g/mol. The summed E-state index contributed by atoms with van der Waals surface area (Å²) in [6.07, 6.45) is 5.38. The van der Waals surface area contributed by atoms with Gasteiger partial charge in [0, 0.05) is 38.9 Å². The van der Waals surface area contributed by atoms with E-state index in [-0.39, 0.29) is 5.41 Å². The molecule has 1 aromatic rings. The molecule has 1 spiro atoms. The summed E-state index contributed by atoms with van der Waals surface area (Å²) in [5, 5.41) is 0. The van der Waals surface area contributed by atoms with Crippen molar-refractivity contribution in [3.8, 4) is 5.75 Å². The third-order valence-electron chi connectivity index (χ3n) is 6.42. The van der Waals surface area contributed by atoms with Gasteiger partial charge in [-0.1, -0.05) is 12.1 Å². The van der Waals surface area contributed by atoms with E-state index in [0.29, 0.717) is 18.5 Å². The van der Waals surface area contributed by atoms with Crippen LogP contribution in [0, 0.1) is 5.41 Å². The lowest BCUT2D eigenvalue weighted by Gasteiger charge is -2.40. The van der Waals surface area contributed by atoms with Crippen molar-refractivity contribution in [3.05, 3.63) is 29.8 Å². The molecule has 5 heteroatoms. The summed E-state index contributed by atoms with van der Waals surface area (Å²) in [6, 6.07) is 8.68. The number of amides is 1. The highest BCUT2D eigenvalue weighted by atomic mass is 16.5. The maximum absolute atomic E-state index is 13.4. The molecule has 5 nitrogen and oxygen atoms in total. The lowest BCUT2D eigenvalue weighted by Crippen LogP contribution is -2.50. The molecule has 0 aliphatic carbocycles. The zero-order chi connectivity index (χ0) is 18.0. The molecule has 4 rings (SSSR count). The standard InChI is InChI=1S/C21H30N2O3/c1-25-19-5-2-4-17(14-19)15-22-10-3-8-21(20(22)24)9-11-23(16-21)18-6-12-26-13-7-18/h2,4-5,14,18H,3,6-13,15-16H2,1H3. The van der Waals surface area contributed by atoms with E-state index < -0.39 is 0 Å². The Morgan fingerprint density at radius 3 is 2.88 bits per heavy atom. The zero-order valence-electron chi connectivity index (χ0n) is 15.8. The van der Waals surface area contributed by atoms with Crippen LogP contribution < -0.4 is 4.74 Å². The molecule has 142 valence electrons. The molecule has 26 heavy (non-hydrogen) atoms. The van der Waals surface area contributed by atoms with E-state index in [0.717, 1.165) is 76.3 Å². The summed E-state index contributed by atoms with van der Waals surface area (Å²) in [5.41, 5.74) is 0.990. The van der Waals surface area contributed by atoms with Crippen molar-refractivity contribution in [2.75, 3.05) is 40.0 Å². The van der Waals surface area contributed by atoms with Gasteiger partial charge in [0.2, 0.25) is 5.91 Å². The van der Waals surface area contributed by atoms with Gasteiger partial charge in [-0.2, -0.15) is 0 Å². The molecule has 3 saturated heterocycles. The van der Waals surface area contributed by atoms with Gasteiger partial charge in [0.15, 0.2) is 0 Å². The number of hydrogen-bond acceptors (Lipinski definition) is 4. The first-order chi connectivity index (χ1) is 12.7. The van der Waals surface area contributed by atoms with Crippen LogP contribution >= 0.6 is 0 Å². The van der Waals surface area contributed by atoms with Crippen LogP contribution in [-0.4, -0.2) is 61.7 Å². The average Bonchev–Trinajstić information content (AvgIpc) is 3.12. The molecule has 3 heterocycles. The Hall–Kier alpha value is -1.59. The average molecular weight is 358 g/mol. The summed E-state index contributed by atoms with van der Waals surface area (Å²) in [4.78, 5) is 18.0. The first-order valence-corrected chi connectivity index (χ1v) is 9.94. The van der Waals surface area contributed by atoms with Gasteiger partial charge in [0.05, 0.1) is 12.5 Å². The fraction of sp³-hybridized carbons (Fsp3) is 0.667. The van der Waals surface area contributed by atoms with Crippen LogP contribution in [0.5, 0.6) is 5.75 Å². The molecule has 1 atom stereocenters. The number of carbonyl (C=O) groups excluding carboxylic acids is 1. The summed E-state index contributed by atoms with van der Waals surface area (Å²) in [7, 11) is 1.68. The van der Waals surface area contributed by atoms with Gasteiger partial charge in [0.1, 0.15) is 5.75 Å². The summed E-state index contributed by atoms with van der Waals surface area (Å²) in [6.45, 7) is 5.28.